The molecule has 1 aliphatic rings. The second-order valence-corrected chi connectivity index (χ2v) is 5.45. The Balaban J connectivity index is 1.88. The van der Waals surface area contributed by atoms with Gasteiger partial charge in [-0.15, -0.1) is 0 Å². The van der Waals surface area contributed by atoms with E-state index in [2.05, 4.69) is 10.6 Å². The van der Waals surface area contributed by atoms with Crippen molar-refractivity contribution in [2.24, 2.45) is 0 Å². The van der Waals surface area contributed by atoms with E-state index in [-0.39, 0.29) is 11.8 Å². The van der Waals surface area contributed by atoms with Crippen LogP contribution in [0.1, 0.15) is 17.3 Å². The molecule has 0 aliphatic carbocycles. The maximum Gasteiger partial charge on any atom is 0.265 e. The molecule has 1 unspecified atom stereocenters. The molecule has 2 aromatic carbocycles. The fraction of sp³-hybridized carbons (Fsp3) is 0.222. The number of carbonyl (C=O) groups is 2. The van der Waals surface area contributed by atoms with Crippen molar-refractivity contribution in [3.8, 4) is 17.2 Å². The average molecular weight is 342 g/mol. The van der Waals surface area contributed by atoms with E-state index in [4.69, 9.17) is 14.2 Å². The van der Waals surface area contributed by atoms with E-state index in [1.807, 2.05) is 0 Å². The molecule has 2 aromatic rings. The van der Waals surface area contributed by atoms with Crippen LogP contribution in [-0.4, -0.2) is 32.1 Å². The molecule has 0 bridgehead atoms. The van der Waals surface area contributed by atoms with Gasteiger partial charge in [-0.25, -0.2) is 0 Å². The summed E-state index contributed by atoms with van der Waals surface area (Å²) in [6.07, 6.45) is -0.550. The third-order valence-corrected chi connectivity index (χ3v) is 3.82. The molecular weight excluding hydrogens is 324 g/mol. The van der Waals surface area contributed by atoms with E-state index in [0.717, 1.165) is 0 Å². The molecular formula is C18H18N2O5. The Kier molecular flexibility index (Phi) is 4.47. The van der Waals surface area contributed by atoms with E-state index >= 15 is 0 Å². The summed E-state index contributed by atoms with van der Waals surface area (Å²) in [5.74, 6) is 0.744. The van der Waals surface area contributed by atoms with Crippen LogP contribution in [0.3, 0.4) is 0 Å². The lowest BCUT2D eigenvalue weighted by atomic mass is 10.1. The molecule has 25 heavy (non-hydrogen) atoms. The van der Waals surface area contributed by atoms with Gasteiger partial charge >= 0.3 is 0 Å². The number of fused-ring (bicyclic) bond motifs is 1. The number of ether oxygens (including phenoxy) is 3. The van der Waals surface area contributed by atoms with E-state index in [9.17, 15) is 9.59 Å². The number of carbonyl (C=O) groups excluding carboxylic acids is 2. The Morgan fingerprint density at radius 1 is 1.16 bits per heavy atom. The zero-order chi connectivity index (χ0) is 18.0. The molecule has 0 aromatic heterocycles. The summed E-state index contributed by atoms with van der Waals surface area (Å²) in [4.78, 5) is 24.4. The van der Waals surface area contributed by atoms with Crippen LogP contribution in [0, 0.1) is 0 Å². The molecule has 7 nitrogen and oxygen atoms in total. The topological polar surface area (TPSA) is 85.9 Å². The molecule has 130 valence electrons. The van der Waals surface area contributed by atoms with Crippen LogP contribution in [-0.2, 0) is 4.79 Å². The van der Waals surface area contributed by atoms with Gasteiger partial charge in [-0.1, -0.05) is 6.07 Å². The van der Waals surface area contributed by atoms with Crippen LogP contribution >= 0.6 is 0 Å². The molecule has 3 rings (SSSR count). The lowest BCUT2D eigenvalue weighted by Gasteiger charge is -2.23. The summed E-state index contributed by atoms with van der Waals surface area (Å²) in [6, 6.07) is 10.1. The zero-order valence-electron chi connectivity index (χ0n) is 14.1. The van der Waals surface area contributed by atoms with Crippen molar-refractivity contribution in [3.05, 3.63) is 42.0 Å². The summed E-state index contributed by atoms with van der Waals surface area (Å²) in [5, 5.41) is 5.52. The largest absolute Gasteiger partial charge is 0.496 e. The standard InChI is InChI=1S/C18H18N2O5/c1-10-17(21)20-12-9-11(7-8-13(12)25-10)19-18(22)16-14(23-2)5-4-6-15(16)24-3/h4-10H,1-3H3,(H,19,22)(H,20,21). The monoisotopic (exact) mass is 342 g/mol. The zero-order valence-corrected chi connectivity index (χ0v) is 14.1. The first-order valence-corrected chi connectivity index (χ1v) is 7.67. The molecule has 2 amide bonds. The lowest BCUT2D eigenvalue weighted by molar-refractivity contribution is -0.122. The molecule has 0 saturated carbocycles. The highest BCUT2D eigenvalue weighted by Crippen LogP contribution is 2.33. The van der Waals surface area contributed by atoms with E-state index in [1.165, 1.54) is 14.2 Å². The highest BCUT2D eigenvalue weighted by Gasteiger charge is 2.24. The molecule has 0 saturated heterocycles. The maximum atomic E-state index is 12.7. The number of hydrogen-bond acceptors (Lipinski definition) is 5. The summed E-state index contributed by atoms with van der Waals surface area (Å²) in [5.41, 5.74) is 1.31. The molecule has 1 aliphatic heterocycles. The van der Waals surface area contributed by atoms with Crippen molar-refractivity contribution in [2.75, 3.05) is 24.9 Å². The molecule has 0 spiro atoms. The highest BCUT2D eigenvalue weighted by molar-refractivity contribution is 6.08. The van der Waals surface area contributed by atoms with Gasteiger partial charge in [-0.3, -0.25) is 9.59 Å². The van der Waals surface area contributed by atoms with Crippen LogP contribution < -0.4 is 24.8 Å². The van der Waals surface area contributed by atoms with Crippen molar-refractivity contribution < 1.29 is 23.8 Å². The number of benzene rings is 2. The van der Waals surface area contributed by atoms with E-state index in [1.54, 1.807) is 43.3 Å². The Morgan fingerprint density at radius 2 is 1.84 bits per heavy atom. The molecule has 2 N–H and O–H groups in total. The minimum atomic E-state index is -0.550. The summed E-state index contributed by atoms with van der Waals surface area (Å²) in [6.45, 7) is 1.67. The Bertz CT molecular complexity index is 812. The van der Waals surface area contributed by atoms with Crippen molar-refractivity contribution in [3.63, 3.8) is 0 Å². The Hall–Kier alpha value is -3.22. The smallest absolute Gasteiger partial charge is 0.265 e. The van der Waals surface area contributed by atoms with Gasteiger partial charge in [0.15, 0.2) is 6.10 Å². The summed E-state index contributed by atoms with van der Waals surface area (Å²) in [7, 11) is 2.97. The number of nitrogens with one attached hydrogen (secondary N) is 2. The Labute approximate surface area is 144 Å². The normalized spacial score (nSPS) is 15.5. The molecule has 1 atom stereocenters. The summed E-state index contributed by atoms with van der Waals surface area (Å²) < 4.78 is 16.0. The number of anilines is 2. The number of hydrogen-bond donors (Lipinski definition) is 2. The van der Waals surface area contributed by atoms with E-state index in [0.29, 0.717) is 34.2 Å². The molecule has 7 heteroatoms. The second-order valence-electron chi connectivity index (χ2n) is 5.45. The van der Waals surface area contributed by atoms with Crippen LogP contribution in [0.15, 0.2) is 36.4 Å². The fourth-order valence-electron chi connectivity index (χ4n) is 2.56. The molecule has 0 fully saturated rings. The maximum absolute atomic E-state index is 12.7. The number of rotatable bonds is 4. The number of methoxy groups -OCH3 is 2. The first kappa shape index (κ1) is 16.6. The van der Waals surface area contributed by atoms with Gasteiger partial charge in [0.05, 0.1) is 19.9 Å². The Morgan fingerprint density at radius 3 is 2.48 bits per heavy atom. The van der Waals surface area contributed by atoms with Gasteiger partial charge in [0.2, 0.25) is 0 Å². The van der Waals surface area contributed by atoms with Crippen LogP contribution in [0.25, 0.3) is 0 Å². The highest BCUT2D eigenvalue weighted by atomic mass is 16.5. The third kappa shape index (κ3) is 3.21. The van der Waals surface area contributed by atoms with Crippen LogP contribution in [0.4, 0.5) is 11.4 Å². The lowest BCUT2D eigenvalue weighted by Crippen LogP contribution is -2.34. The van der Waals surface area contributed by atoms with Gasteiger partial charge < -0.3 is 24.8 Å². The molecule has 1 heterocycles. The van der Waals surface area contributed by atoms with Crippen molar-refractivity contribution in [1.82, 2.24) is 0 Å². The van der Waals surface area contributed by atoms with Crippen molar-refractivity contribution >= 4 is 23.2 Å². The van der Waals surface area contributed by atoms with Gasteiger partial charge in [0.1, 0.15) is 22.8 Å². The SMILES string of the molecule is COc1cccc(OC)c1C(=O)Nc1ccc2c(c1)NC(=O)C(C)O2. The predicted octanol–water partition coefficient (Wildman–Crippen LogP) is 2.68. The predicted molar refractivity (Wildman–Crippen MR) is 92.7 cm³/mol. The van der Waals surface area contributed by atoms with Gasteiger partial charge in [0, 0.05) is 5.69 Å². The van der Waals surface area contributed by atoms with Crippen LogP contribution in [0.5, 0.6) is 17.2 Å². The van der Waals surface area contributed by atoms with E-state index < -0.39 is 6.10 Å². The summed E-state index contributed by atoms with van der Waals surface area (Å²) >= 11 is 0. The van der Waals surface area contributed by atoms with Crippen molar-refractivity contribution in [2.45, 2.75) is 13.0 Å². The van der Waals surface area contributed by atoms with Crippen LogP contribution in [0.2, 0.25) is 0 Å². The van der Waals surface area contributed by atoms with Gasteiger partial charge in [0.25, 0.3) is 11.8 Å². The minimum Gasteiger partial charge on any atom is -0.496 e. The third-order valence-electron chi connectivity index (χ3n) is 3.82. The molecule has 0 radical (unpaired) electrons. The van der Waals surface area contributed by atoms with Crippen molar-refractivity contribution in [1.29, 1.82) is 0 Å². The van der Waals surface area contributed by atoms with Gasteiger partial charge in [-0.05, 0) is 37.3 Å². The average Bonchev–Trinajstić information content (AvgIpc) is 2.62. The first-order chi connectivity index (χ1) is 12.0. The number of amides is 2. The fourth-order valence-corrected chi connectivity index (χ4v) is 2.56. The second kappa shape index (κ2) is 6.72. The first-order valence-electron chi connectivity index (χ1n) is 7.67. The minimum absolute atomic E-state index is 0.234. The quantitative estimate of drug-likeness (QED) is 0.892. The van der Waals surface area contributed by atoms with Gasteiger partial charge in [-0.2, -0.15) is 0 Å².